The molecule has 5 aromatic carbocycles. The van der Waals surface area contributed by atoms with Crippen LogP contribution in [0.1, 0.15) is 129 Å². The van der Waals surface area contributed by atoms with Crippen LogP contribution < -0.4 is 80.9 Å². The number of halogens is 2. The van der Waals surface area contributed by atoms with Crippen molar-refractivity contribution >= 4 is 148 Å². The lowest BCUT2D eigenvalue weighted by molar-refractivity contribution is -0.512. The molecule has 0 unspecified atom stereocenters. The Bertz CT molecular complexity index is 6790. The molecule has 6 aromatic heterocycles. The Morgan fingerprint density at radius 3 is 1.05 bits per heavy atom. The molecule has 0 bridgehead atoms. The van der Waals surface area contributed by atoms with Gasteiger partial charge < -0.3 is 62.3 Å². The van der Waals surface area contributed by atoms with Crippen molar-refractivity contribution < 1.29 is 60.7 Å². The number of benzene rings is 5. The average molecular weight is 2180 g/mol. The van der Waals surface area contributed by atoms with Crippen LogP contribution in [-0.2, 0) is 40.1 Å². The van der Waals surface area contributed by atoms with E-state index in [9.17, 15) is 34.8 Å². The highest BCUT2D eigenvalue weighted by atomic mass is 79.9. The molecule has 5 aliphatic rings. The number of ether oxygens (including phenoxy) is 2. The first-order chi connectivity index (χ1) is 69.7. The summed E-state index contributed by atoms with van der Waals surface area (Å²) in [5, 5.41) is 38.4. The fourth-order valence-corrected chi connectivity index (χ4v) is 18.3. The lowest BCUT2D eigenvalue weighted by Gasteiger charge is -2.24. The summed E-state index contributed by atoms with van der Waals surface area (Å²) in [4.78, 5) is 89.9. The van der Waals surface area contributed by atoms with Crippen LogP contribution in [-0.4, -0.2) is 295 Å². The van der Waals surface area contributed by atoms with Gasteiger partial charge in [-0.2, -0.15) is 46.8 Å². The second-order valence-corrected chi connectivity index (χ2v) is 43.5. The van der Waals surface area contributed by atoms with Gasteiger partial charge in [0, 0.05) is 196 Å². The van der Waals surface area contributed by atoms with Gasteiger partial charge in [-0.15, -0.1) is 8.42 Å². The van der Waals surface area contributed by atoms with E-state index in [-0.39, 0.29) is 25.7 Å². The number of nitrogens with zero attached hydrogens (tertiary/aromatic N) is 24. The van der Waals surface area contributed by atoms with Crippen molar-refractivity contribution in [1.29, 1.82) is 15.8 Å². The number of rotatable bonds is 17. The number of aromatic nitrogens is 11. The molecule has 0 aliphatic carbocycles. The minimum absolute atomic E-state index is 0. The van der Waals surface area contributed by atoms with Crippen LogP contribution in [0.4, 0.5) is 44.4 Å². The summed E-state index contributed by atoms with van der Waals surface area (Å²) in [6.07, 6.45) is 15.2. The number of anilines is 6. The molecule has 148 heavy (non-hydrogen) atoms. The first-order valence-corrected chi connectivity index (χ1v) is 54.5. The summed E-state index contributed by atoms with van der Waals surface area (Å²) in [5.74, 6) is 4.99. The molecule has 0 radical (unpaired) electrons. The summed E-state index contributed by atoms with van der Waals surface area (Å²) >= 11 is 2.89. The van der Waals surface area contributed by atoms with Gasteiger partial charge in [-0.25, -0.2) is 69.3 Å². The number of pyridine rings is 1. The summed E-state index contributed by atoms with van der Waals surface area (Å²) in [6, 6.07) is 30.5. The quantitative estimate of drug-likeness (QED) is 0.0197. The SMILES string of the molecule is C=CC#N.CN(C)c1cc[n+](S(=O)(=O)NC(=O)OC(C)(C)C)cc1.Cc1cc2ncnc(N3CCCN(CC#N)CC3)c2cc1C.Cc1cc2ncnc(N3CCCN(CN)CC3)c2cc1C.Cc1cc2ncnc(N3CCCN(CNS(=O)(=O)NC(=O)OC(C)(C)C)CC3)c2cc1C.Cc1cc2ncnc(N3CCCN(CNS(N)(=O)=O)CC3)c2cc1C.Cc1cc2ncnc(N3CCCNCC3)c2cc1C.N#CCBr.[Cl-]. The third-order valence-electron chi connectivity index (χ3n) is 24.8. The smallest absolute Gasteiger partial charge is 0.474 e. The van der Waals surface area contributed by atoms with E-state index in [0.717, 1.165) is 231 Å². The van der Waals surface area contributed by atoms with Crippen molar-refractivity contribution in [2.24, 2.45) is 10.9 Å². The van der Waals surface area contributed by atoms with Crippen molar-refractivity contribution in [2.75, 3.05) is 206 Å². The third kappa shape index (κ3) is 37.8. The van der Waals surface area contributed by atoms with E-state index in [4.69, 9.17) is 36.1 Å². The molecule has 46 heteroatoms. The molecule has 800 valence electrons. The molecule has 0 atom stereocenters. The van der Waals surface area contributed by atoms with E-state index < -0.39 is 54.0 Å². The number of carbonyl (C=O) groups excluding carboxylic acids is 2. The van der Waals surface area contributed by atoms with Gasteiger partial charge in [-0.1, -0.05) is 26.5 Å². The third-order valence-corrected chi connectivity index (χ3v) is 27.8. The van der Waals surface area contributed by atoms with Crippen LogP contribution >= 0.6 is 15.9 Å². The fourth-order valence-electron chi connectivity index (χ4n) is 16.4. The van der Waals surface area contributed by atoms with Crippen LogP contribution in [0.25, 0.3) is 54.5 Å². The van der Waals surface area contributed by atoms with Crippen molar-refractivity contribution in [1.82, 2.24) is 93.6 Å². The Kier molecular flexibility index (Phi) is 47.0. The monoisotopic (exact) mass is 2170 g/mol. The maximum Gasteiger partial charge on any atom is 0.474 e. The van der Waals surface area contributed by atoms with Gasteiger partial charge in [0.25, 0.3) is 10.2 Å². The Hall–Kier alpha value is -12.2. The van der Waals surface area contributed by atoms with Crippen molar-refractivity contribution in [2.45, 2.75) is 154 Å². The zero-order valence-corrected chi connectivity index (χ0v) is 93.2. The molecular formula is C102H145BrClN31O10S3. The maximum atomic E-state index is 12.2. The number of hydrogen-bond acceptors (Lipinski definition) is 35. The second kappa shape index (κ2) is 57.5. The summed E-state index contributed by atoms with van der Waals surface area (Å²) < 4.78 is 89.7. The number of nitrogens with one attached hydrogen (secondary N) is 5. The lowest BCUT2D eigenvalue weighted by Crippen LogP contribution is -3.00. The van der Waals surface area contributed by atoms with Crippen molar-refractivity contribution in [3.05, 3.63) is 185 Å². The molecule has 5 fully saturated rings. The zero-order valence-electron chi connectivity index (χ0n) is 88.4. The normalized spacial score (nSPS) is 15.2. The lowest BCUT2D eigenvalue weighted by atomic mass is 10.1. The topological polar surface area (TPSA) is 504 Å². The number of amides is 2. The molecule has 5 saturated heterocycles. The Morgan fingerprint density at radius 1 is 0.446 bits per heavy atom. The van der Waals surface area contributed by atoms with E-state index in [2.05, 4.69) is 257 Å². The number of allylic oxidation sites excluding steroid dienone is 1. The predicted molar refractivity (Wildman–Crippen MR) is 585 cm³/mol. The fraction of sp³-hybridized carbons (Fsp3) is 0.490. The number of hydrogen-bond donors (Lipinski definition) is 7. The van der Waals surface area contributed by atoms with E-state index >= 15 is 0 Å². The number of nitriles is 3. The van der Waals surface area contributed by atoms with Crippen LogP contribution in [0, 0.1) is 103 Å². The average Bonchev–Trinajstić information content (AvgIpc) is 1.15. The van der Waals surface area contributed by atoms with Gasteiger partial charge in [0.1, 0.15) is 71.9 Å². The van der Waals surface area contributed by atoms with Gasteiger partial charge in [-0.05, 0) is 266 Å². The predicted octanol–water partition coefficient (Wildman–Crippen LogP) is 7.85. The minimum atomic E-state index is -4.02. The van der Waals surface area contributed by atoms with Gasteiger partial charge in [0.15, 0.2) is 12.4 Å². The van der Waals surface area contributed by atoms with Crippen LogP contribution in [0.5, 0.6) is 0 Å². The van der Waals surface area contributed by atoms with E-state index in [1.54, 1.807) is 91.4 Å². The second-order valence-electron chi connectivity index (χ2n) is 38.5. The van der Waals surface area contributed by atoms with Crippen molar-refractivity contribution in [3.63, 3.8) is 0 Å². The summed E-state index contributed by atoms with van der Waals surface area (Å²) in [5.41, 5.74) is 22.5. The van der Waals surface area contributed by atoms with Crippen LogP contribution in [0.3, 0.4) is 0 Å². The van der Waals surface area contributed by atoms with Gasteiger partial charge in [-0.3, -0.25) is 19.6 Å². The first kappa shape index (κ1) is 121. The number of nitrogens with two attached hydrogens (primary N) is 2. The van der Waals surface area contributed by atoms with Gasteiger partial charge in [0.05, 0.1) is 71.0 Å². The van der Waals surface area contributed by atoms with Gasteiger partial charge in [0.2, 0.25) is 0 Å². The molecule has 11 heterocycles. The highest BCUT2D eigenvalue weighted by Gasteiger charge is 2.31. The van der Waals surface area contributed by atoms with Gasteiger partial charge >= 0.3 is 32.6 Å². The molecule has 2 amide bonds. The summed E-state index contributed by atoms with van der Waals surface area (Å²) in [6.45, 7) is 53.7. The molecule has 41 nitrogen and oxygen atoms in total. The number of aryl methyl sites for hydroxylation is 10. The van der Waals surface area contributed by atoms with E-state index in [0.29, 0.717) is 38.2 Å². The number of fused-ring (bicyclic) bond motifs is 5. The van der Waals surface area contributed by atoms with E-state index in [1.807, 2.05) is 44.3 Å². The zero-order chi connectivity index (χ0) is 108. The Morgan fingerprint density at radius 2 is 0.743 bits per heavy atom. The first-order valence-electron chi connectivity index (χ1n) is 48.9. The standard InChI is InChI=1S/C21H32N6O4S.C17H21N5.C16H24N6O2S.C16H23N5.C15H20N4.C12H19N3O4S.C3H3N.C2H2BrN.ClH/c1-15-11-17-18(12-16(15)2)22-13-23-19(17)27-8-6-7-26(9-10-27)14-24-32(29,30)25-20(28)31-21(3,4)5;1-13-10-15-16(11-14(13)2)19-12-20-17(15)22-6-3-5-21(7-4-18)8-9-22;1-12-8-14-15(9-13(12)2)18-10-19-16(14)22-5-3-4-21(6-7-22)11-20-25(17,23)24;1-12-8-14-15(9-13(12)2)18-11-19-16(14)21-5-3-4-20(10-17)6-7-21;1-11-8-13-14(9-12(11)2)17-10-18-15(13)19-6-3-4-16-5-7-19;1-12(2,3)19-11(16)13-20(17,18)15-8-6-10(7-9-15)14(4)5;1-2-3-4;3-1-2-4;/h11-13,24H,6-10,14H2,1-5H3,(H,25,28);10-12H,3,5-9H2,1-2H3;8-10,20H,3-7,11H2,1-2H3,(H2,17,23,24);8-9,11H,3-7,10,17H2,1-2H3;8-10,16H,3-7H2,1-2H3;6-9H,1-5H3;2H,1H2;1H2;1H. The highest BCUT2D eigenvalue weighted by molar-refractivity contribution is 9.09. The molecule has 9 N–H and O–H groups in total. The molecule has 11 aromatic rings. The number of carbonyl (C=O) groups is 2. The largest absolute Gasteiger partial charge is 1.00 e. The maximum absolute atomic E-state index is 12.2. The molecular weight excluding hydrogens is 2030 g/mol. The molecule has 16 rings (SSSR count). The van der Waals surface area contributed by atoms with Crippen LogP contribution in [0.2, 0.25) is 0 Å². The minimum Gasteiger partial charge on any atom is -1.00 e. The molecule has 0 saturated carbocycles. The number of alkyl halides is 1. The van der Waals surface area contributed by atoms with Crippen LogP contribution in [0.15, 0.2) is 129 Å². The molecule has 0 spiro atoms. The Labute approximate surface area is 886 Å². The van der Waals surface area contributed by atoms with E-state index in [1.165, 1.54) is 79.5 Å². The van der Waals surface area contributed by atoms with Crippen molar-refractivity contribution in [3.8, 4) is 18.2 Å². The molecule has 5 aliphatic heterocycles. The summed E-state index contributed by atoms with van der Waals surface area (Å²) in [7, 11) is -8.00. The Balaban J connectivity index is 0.000000214. The highest BCUT2D eigenvalue weighted by Crippen LogP contribution is 2.33.